The Balaban J connectivity index is 0. The number of carbonyl (C=O) groups is 2. The number of Topliss-reactive ketones (excluding diaryl/α,β-unsaturated/α-hetero) is 1. The van der Waals surface area contributed by atoms with Gasteiger partial charge in [-0.1, -0.05) is 20.8 Å². The summed E-state index contributed by atoms with van der Waals surface area (Å²) in [6.07, 6.45) is -0.125. The summed E-state index contributed by atoms with van der Waals surface area (Å²) >= 11 is 0. The standard InChI is InChI=1S/C8H14O3.Ti/c1-8(2,3)6(9)5-7(10)11-4;/h5H2,1-4H3;. The van der Waals surface area contributed by atoms with E-state index >= 15 is 0 Å². The van der Waals surface area contributed by atoms with E-state index in [0.717, 1.165) is 0 Å². The smallest absolute Gasteiger partial charge is 0.313 e. The number of ketones is 1. The summed E-state index contributed by atoms with van der Waals surface area (Å²) in [5.74, 6) is -0.561. The third kappa shape index (κ3) is 5.50. The van der Waals surface area contributed by atoms with Gasteiger partial charge in [-0.05, 0) is 0 Å². The van der Waals surface area contributed by atoms with Crippen LogP contribution in [0.15, 0.2) is 0 Å². The molecule has 4 heteroatoms. The number of carbonyl (C=O) groups excluding carboxylic acids is 2. The number of hydrogen-bond donors (Lipinski definition) is 0. The maximum Gasteiger partial charge on any atom is 0.313 e. The van der Waals surface area contributed by atoms with E-state index in [1.54, 1.807) is 20.8 Å². The minimum atomic E-state index is -0.468. The molecule has 3 nitrogen and oxygen atoms in total. The van der Waals surface area contributed by atoms with Gasteiger partial charge in [0, 0.05) is 27.1 Å². The number of rotatable bonds is 2. The van der Waals surface area contributed by atoms with E-state index in [1.807, 2.05) is 0 Å². The van der Waals surface area contributed by atoms with E-state index in [-0.39, 0.29) is 33.9 Å². The molecule has 0 aliphatic carbocycles. The van der Waals surface area contributed by atoms with E-state index in [4.69, 9.17) is 0 Å². The van der Waals surface area contributed by atoms with Gasteiger partial charge in [0.1, 0.15) is 12.2 Å². The summed E-state index contributed by atoms with van der Waals surface area (Å²) in [6.45, 7) is 5.33. The van der Waals surface area contributed by atoms with Crippen LogP contribution in [0, 0.1) is 5.41 Å². The molecule has 0 aromatic rings. The summed E-state index contributed by atoms with van der Waals surface area (Å²) < 4.78 is 4.36. The van der Waals surface area contributed by atoms with Crippen LogP contribution in [0.5, 0.6) is 0 Å². The zero-order valence-electron chi connectivity index (χ0n) is 7.93. The third-order valence-corrected chi connectivity index (χ3v) is 1.37. The van der Waals surface area contributed by atoms with Crippen molar-refractivity contribution in [1.29, 1.82) is 0 Å². The Morgan fingerprint density at radius 1 is 1.25 bits per heavy atom. The van der Waals surface area contributed by atoms with Crippen LogP contribution in [0.4, 0.5) is 0 Å². The predicted molar refractivity (Wildman–Crippen MR) is 41.1 cm³/mol. The van der Waals surface area contributed by atoms with Gasteiger partial charge in [-0.3, -0.25) is 9.59 Å². The van der Waals surface area contributed by atoms with Crippen molar-refractivity contribution in [1.82, 2.24) is 0 Å². The molecule has 0 aliphatic rings. The molecule has 68 valence electrons. The predicted octanol–water partition coefficient (Wildman–Crippen LogP) is 1.16. The van der Waals surface area contributed by atoms with Crippen molar-refractivity contribution in [3.63, 3.8) is 0 Å². The minimum Gasteiger partial charge on any atom is -0.469 e. The van der Waals surface area contributed by atoms with E-state index < -0.39 is 11.4 Å². The zero-order valence-corrected chi connectivity index (χ0v) is 9.49. The van der Waals surface area contributed by atoms with Gasteiger partial charge in [0.15, 0.2) is 0 Å². The first-order valence-corrected chi connectivity index (χ1v) is 3.48. The molecule has 0 heterocycles. The van der Waals surface area contributed by atoms with Crippen LogP contribution in [0.25, 0.3) is 0 Å². The van der Waals surface area contributed by atoms with Gasteiger partial charge in [0.25, 0.3) is 0 Å². The molecule has 0 atom stereocenters. The first-order chi connectivity index (χ1) is 4.88. The van der Waals surface area contributed by atoms with Gasteiger partial charge >= 0.3 is 5.97 Å². The van der Waals surface area contributed by atoms with Crippen molar-refractivity contribution in [2.75, 3.05) is 7.11 Å². The molecule has 0 aromatic carbocycles. The molecular weight excluding hydrogens is 192 g/mol. The summed E-state index contributed by atoms with van der Waals surface area (Å²) in [4.78, 5) is 21.8. The Hall–Kier alpha value is -0.146. The second-order valence-corrected chi connectivity index (χ2v) is 3.43. The summed E-state index contributed by atoms with van der Waals surface area (Å²) in [6, 6.07) is 0. The summed E-state index contributed by atoms with van der Waals surface area (Å²) in [5, 5.41) is 0. The first-order valence-electron chi connectivity index (χ1n) is 3.48. The van der Waals surface area contributed by atoms with Gasteiger partial charge in [0.2, 0.25) is 0 Å². The minimum absolute atomic E-state index is 0. The average molecular weight is 206 g/mol. The first kappa shape index (κ1) is 14.4. The molecule has 12 heavy (non-hydrogen) atoms. The molecule has 0 aromatic heterocycles. The molecule has 0 radical (unpaired) electrons. The number of esters is 1. The van der Waals surface area contributed by atoms with Crippen LogP contribution < -0.4 is 0 Å². The van der Waals surface area contributed by atoms with Crippen LogP contribution in [-0.4, -0.2) is 18.9 Å². The molecule has 0 aliphatic heterocycles. The number of hydrogen-bond acceptors (Lipinski definition) is 3. The molecule has 0 spiro atoms. The third-order valence-electron chi connectivity index (χ3n) is 1.37. The second kappa shape index (κ2) is 5.49. The summed E-state index contributed by atoms with van der Waals surface area (Å²) in [5.41, 5.74) is -0.450. The van der Waals surface area contributed by atoms with Gasteiger partial charge < -0.3 is 4.74 Å². The zero-order chi connectivity index (χ0) is 9.07. The second-order valence-electron chi connectivity index (χ2n) is 3.43. The molecule has 0 saturated carbocycles. The van der Waals surface area contributed by atoms with Crippen molar-refractivity contribution >= 4 is 11.8 Å². The number of ether oxygens (including phenoxy) is 1. The molecule has 0 saturated heterocycles. The van der Waals surface area contributed by atoms with Crippen LogP contribution in [-0.2, 0) is 36.0 Å². The molecule has 0 amide bonds. The molecular formula is C8H14O3Ti. The molecule has 0 fully saturated rings. The van der Waals surface area contributed by atoms with Crippen molar-refractivity contribution < 1.29 is 36.0 Å². The average Bonchev–Trinajstić information content (AvgIpc) is 1.85. The topological polar surface area (TPSA) is 43.4 Å². The molecule has 0 rings (SSSR count). The van der Waals surface area contributed by atoms with Crippen molar-refractivity contribution in [2.45, 2.75) is 27.2 Å². The van der Waals surface area contributed by atoms with Crippen molar-refractivity contribution in [3.8, 4) is 0 Å². The SMILES string of the molecule is COC(=O)CC(=O)C(C)(C)C.[Ti]. The molecule has 0 N–H and O–H groups in total. The monoisotopic (exact) mass is 206 g/mol. The van der Waals surface area contributed by atoms with E-state index in [9.17, 15) is 9.59 Å². The summed E-state index contributed by atoms with van der Waals surface area (Å²) in [7, 11) is 1.28. The Kier molecular flexibility index (Phi) is 6.58. The maximum atomic E-state index is 11.1. The van der Waals surface area contributed by atoms with Gasteiger partial charge in [-0.2, -0.15) is 0 Å². The maximum absolute atomic E-state index is 11.1. The quantitative estimate of drug-likeness (QED) is 0.387. The largest absolute Gasteiger partial charge is 0.469 e. The van der Waals surface area contributed by atoms with Crippen LogP contribution in [0.3, 0.4) is 0 Å². The van der Waals surface area contributed by atoms with Gasteiger partial charge in [-0.25, -0.2) is 0 Å². The Morgan fingerprint density at radius 3 is 1.92 bits per heavy atom. The van der Waals surface area contributed by atoms with Gasteiger partial charge in [-0.15, -0.1) is 0 Å². The Morgan fingerprint density at radius 2 is 1.67 bits per heavy atom. The Labute approximate surface area is 87.7 Å². The van der Waals surface area contributed by atoms with Crippen LogP contribution in [0.2, 0.25) is 0 Å². The molecule has 0 bridgehead atoms. The Bertz CT molecular complexity index is 170. The van der Waals surface area contributed by atoms with Crippen LogP contribution in [0.1, 0.15) is 27.2 Å². The van der Waals surface area contributed by atoms with Gasteiger partial charge in [0.05, 0.1) is 7.11 Å². The van der Waals surface area contributed by atoms with Crippen LogP contribution >= 0.6 is 0 Å². The van der Waals surface area contributed by atoms with Crippen molar-refractivity contribution in [3.05, 3.63) is 0 Å². The fourth-order valence-corrected chi connectivity index (χ4v) is 0.468. The fourth-order valence-electron chi connectivity index (χ4n) is 0.468. The van der Waals surface area contributed by atoms with E-state index in [2.05, 4.69) is 4.74 Å². The molecule has 0 unspecified atom stereocenters. The normalized spacial score (nSPS) is 10.0. The number of methoxy groups -OCH3 is 1. The fraction of sp³-hybridized carbons (Fsp3) is 0.750. The van der Waals surface area contributed by atoms with E-state index in [1.165, 1.54) is 7.11 Å². The van der Waals surface area contributed by atoms with Crippen molar-refractivity contribution in [2.24, 2.45) is 5.41 Å². The van der Waals surface area contributed by atoms with E-state index in [0.29, 0.717) is 0 Å².